The van der Waals surface area contributed by atoms with E-state index >= 15 is 0 Å². The second-order valence-corrected chi connectivity index (χ2v) is 4.47. The number of hydrogen-bond acceptors (Lipinski definition) is 4. The first-order chi connectivity index (χ1) is 9.10. The van der Waals surface area contributed by atoms with Gasteiger partial charge >= 0.3 is 0 Å². The maximum absolute atomic E-state index is 11.7. The standard InChI is InChI=1S/C13H14N2O4/c16-9-11-7-14(8-11)13(17)6-3-10-1-4-12(5-2-10)15(18)19/h1-6,11,16H,7-9H2. The van der Waals surface area contributed by atoms with Crippen LogP contribution in [0.2, 0.25) is 0 Å². The van der Waals surface area contributed by atoms with Gasteiger partial charge in [-0.3, -0.25) is 14.9 Å². The van der Waals surface area contributed by atoms with Crippen LogP contribution in [-0.4, -0.2) is 40.5 Å². The van der Waals surface area contributed by atoms with Crippen molar-refractivity contribution in [2.75, 3.05) is 19.7 Å². The van der Waals surface area contributed by atoms with Crippen LogP contribution in [0.25, 0.3) is 6.08 Å². The minimum Gasteiger partial charge on any atom is -0.396 e. The molecule has 1 aliphatic heterocycles. The van der Waals surface area contributed by atoms with Crippen molar-refractivity contribution in [1.29, 1.82) is 0 Å². The molecule has 1 aromatic carbocycles. The van der Waals surface area contributed by atoms with Gasteiger partial charge in [-0.2, -0.15) is 0 Å². The number of carbonyl (C=O) groups excluding carboxylic acids is 1. The largest absolute Gasteiger partial charge is 0.396 e. The topological polar surface area (TPSA) is 83.7 Å². The van der Waals surface area contributed by atoms with Gasteiger partial charge in [0.1, 0.15) is 0 Å². The van der Waals surface area contributed by atoms with E-state index < -0.39 is 4.92 Å². The average Bonchev–Trinajstić information content (AvgIpc) is 2.35. The molecule has 0 saturated carbocycles. The second kappa shape index (κ2) is 5.62. The molecule has 1 saturated heterocycles. The summed E-state index contributed by atoms with van der Waals surface area (Å²) in [4.78, 5) is 23.3. The highest BCUT2D eigenvalue weighted by molar-refractivity contribution is 5.92. The van der Waals surface area contributed by atoms with Crippen molar-refractivity contribution < 1.29 is 14.8 Å². The Kier molecular flexibility index (Phi) is 3.91. The fraction of sp³-hybridized carbons (Fsp3) is 0.308. The molecule has 6 nitrogen and oxygen atoms in total. The zero-order valence-electron chi connectivity index (χ0n) is 10.2. The fourth-order valence-electron chi connectivity index (χ4n) is 1.85. The SMILES string of the molecule is O=C(C=Cc1ccc([N+](=O)[O-])cc1)N1CC(CO)C1. The van der Waals surface area contributed by atoms with Crippen LogP contribution in [-0.2, 0) is 4.79 Å². The molecular weight excluding hydrogens is 248 g/mol. The molecule has 6 heteroatoms. The Morgan fingerprint density at radius 1 is 1.42 bits per heavy atom. The highest BCUT2D eigenvalue weighted by Crippen LogP contribution is 2.16. The van der Waals surface area contributed by atoms with Crippen molar-refractivity contribution in [3.63, 3.8) is 0 Å². The summed E-state index contributed by atoms with van der Waals surface area (Å²) in [5.41, 5.74) is 0.759. The number of hydrogen-bond donors (Lipinski definition) is 1. The van der Waals surface area contributed by atoms with Gasteiger partial charge in [-0.25, -0.2) is 0 Å². The van der Waals surface area contributed by atoms with E-state index in [0.29, 0.717) is 13.1 Å². The Hall–Kier alpha value is -2.21. The van der Waals surface area contributed by atoms with Gasteiger partial charge in [0.25, 0.3) is 5.69 Å². The zero-order chi connectivity index (χ0) is 13.8. The Morgan fingerprint density at radius 3 is 2.58 bits per heavy atom. The minimum atomic E-state index is -0.465. The lowest BCUT2D eigenvalue weighted by Gasteiger charge is -2.37. The summed E-state index contributed by atoms with van der Waals surface area (Å²) in [6, 6.07) is 5.98. The molecule has 1 aromatic rings. The summed E-state index contributed by atoms with van der Waals surface area (Å²) in [5.74, 6) is 0.0831. The molecule has 100 valence electrons. The Bertz CT molecular complexity index is 504. The van der Waals surface area contributed by atoms with Crippen molar-refractivity contribution in [3.8, 4) is 0 Å². The van der Waals surface area contributed by atoms with E-state index in [0.717, 1.165) is 5.56 Å². The third-order valence-corrected chi connectivity index (χ3v) is 3.05. The maximum Gasteiger partial charge on any atom is 0.269 e. The molecule has 0 aromatic heterocycles. The van der Waals surface area contributed by atoms with Gasteiger partial charge in [0, 0.05) is 43.8 Å². The molecule has 2 rings (SSSR count). The van der Waals surface area contributed by atoms with Crippen molar-refractivity contribution in [2.45, 2.75) is 0 Å². The molecule has 19 heavy (non-hydrogen) atoms. The van der Waals surface area contributed by atoms with Gasteiger partial charge in [0.05, 0.1) is 4.92 Å². The summed E-state index contributed by atoms with van der Waals surface area (Å²) in [7, 11) is 0. The first-order valence-corrected chi connectivity index (χ1v) is 5.92. The van der Waals surface area contributed by atoms with Gasteiger partial charge in [0.2, 0.25) is 5.91 Å². The summed E-state index contributed by atoms with van der Waals surface area (Å²) >= 11 is 0. The van der Waals surface area contributed by atoms with Crippen LogP contribution in [0, 0.1) is 16.0 Å². The summed E-state index contributed by atoms with van der Waals surface area (Å²) in [6.07, 6.45) is 3.06. The first kappa shape index (κ1) is 13.2. The Labute approximate surface area is 110 Å². The number of nitrogens with zero attached hydrogens (tertiary/aromatic N) is 2. The number of nitro groups is 1. The van der Waals surface area contributed by atoms with E-state index in [1.165, 1.54) is 18.2 Å². The van der Waals surface area contributed by atoms with Crippen molar-refractivity contribution >= 4 is 17.7 Å². The quantitative estimate of drug-likeness (QED) is 0.499. The summed E-state index contributed by atoms with van der Waals surface area (Å²) in [6.45, 7) is 1.27. The lowest BCUT2D eigenvalue weighted by Crippen LogP contribution is -2.50. The minimum absolute atomic E-state index is 0.0250. The number of likely N-dealkylation sites (tertiary alicyclic amines) is 1. The summed E-state index contributed by atoms with van der Waals surface area (Å²) in [5, 5.41) is 19.3. The van der Waals surface area contributed by atoms with Gasteiger partial charge < -0.3 is 10.0 Å². The number of carbonyl (C=O) groups is 1. The van der Waals surface area contributed by atoms with E-state index in [2.05, 4.69) is 0 Å². The van der Waals surface area contributed by atoms with Crippen LogP contribution in [0.1, 0.15) is 5.56 Å². The second-order valence-electron chi connectivity index (χ2n) is 4.47. The number of aliphatic hydroxyl groups excluding tert-OH is 1. The number of non-ortho nitro benzene ring substituents is 1. The monoisotopic (exact) mass is 262 g/mol. The smallest absolute Gasteiger partial charge is 0.269 e. The van der Waals surface area contributed by atoms with Gasteiger partial charge in [0.15, 0.2) is 0 Å². The molecule has 1 N–H and O–H groups in total. The lowest BCUT2D eigenvalue weighted by atomic mass is 10.0. The molecule has 1 heterocycles. The molecule has 0 spiro atoms. The van der Waals surface area contributed by atoms with Gasteiger partial charge in [-0.15, -0.1) is 0 Å². The predicted octanol–water partition coefficient (Wildman–Crippen LogP) is 1.06. The van der Waals surface area contributed by atoms with Crippen molar-refractivity contribution in [3.05, 3.63) is 46.0 Å². The molecular formula is C13H14N2O4. The van der Waals surface area contributed by atoms with E-state index in [9.17, 15) is 14.9 Å². The molecule has 1 aliphatic rings. The van der Waals surface area contributed by atoms with Crippen LogP contribution in [0.3, 0.4) is 0 Å². The normalized spacial score (nSPS) is 15.5. The van der Waals surface area contributed by atoms with Crippen LogP contribution < -0.4 is 0 Å². The Morgan fingerprint density at radius 2 is 2.05 bits per heavy atom. The maximum atomic E-state index is 11.7. The number of amides is 1. The number of aliphatic hydroxyl groups is 1. The molecule has 1 fully saturated rings. The summed E-state index contributed by atoms with van der Waals surface area (Å²) < 4.78 is 0. The number of benzene rings is 1. The predicted molar refractivity (Wildman–Crippen MR) is 69.3 cm³/mol. The number of rotatable bonds is 4. The lowest BCUT2D eigenvalue weighted by molar-refractivity contribution is -0.384. The van der Waals surface area contributed by atoms with E-state index in [4.69, 9.17) is 5.11 Å². The molecule has 0 aliphatic carbocycles. The van der Waals surface area contributed by atoms with Crippen LogP contribution in [0.15, 0.2) is 30.3 Å². The van der Waals surface area contributed by atoms with Crippen LogP contribution in [0.4, 0.5) is 5.69 Å². The molecule has 0 radical (unpaired) electrons. The van der Waals surface area contributed by atoms with Gasteiger partial charge in [-0.1, -0.05) is 0 Å². The van der Waals surface area contributed by atoms with Gasteiger partial charge in [-0.05, 0) is 23.8 Å². The average molecular weight is 262 g/mol. The molecule has 0 atom stereocenters. The van der Waals surface area contributed by atoms with E-state index in [1.807, 2.05) is 0 Å². The fourth-order valence-corrected chi connectivity index (χ4v) is 1.85. The van der Waals surface area contributed by atoms with E-state index in [1.54, 1.807) is 23.1 Å². The highest BCUT2D eigenvalue weighted by Gasteiger charge is 2.28. The number of nitro benzene ring substituents is 1. The van der Waals surface area contributed by atoms with Crippen molar-refractivity contribution in [1.82, 2.24) is 4.90 Å². The first-order valence-electron chi connectivity index (χ1n) is 5.92. The Balaban J connectivity index is 1.91. The van der Waals surface area contributed by atoms with Crippen LogP contribution >= 0.6 is 0 Å². The van der Waals surface area contributed by atoms with E-state index in [-0.39, 0.29) is 24.1 Å². The van der Waals surface area contributed by atoms with Crippen LogP contribution in [0.5, 0.6) is 0 Å². The third-order valence-electron chi connectivity index (χ3n) is 3.05. The highest BCUT2D eigenvalue weighted by atomic mass is 16.6. The zero-order valence-corrected chi connectivity index (χ0v) is 10.2. The molecule has 1 amide bonds. The molecule has 0 unspecified atom stereocenters. The van der Waals surface area contributed by atoms with Crippen molar-refractivity contribution in [2.24, 2.45) is 5.92 Å². The third kappa shape index (κ3) is 3.17. The molecule has 0 bridgehead atoms.